The third kappa shape index (κ3) is 4.24. The molecular weight excluding hydrogens is 242 g/mol. The number of hydrogen-bond donors (Lipinski definition) is 2. The Morgan fingerprint density at radius 2 is 2.18 bits per heavy atom. The number of phenolic OH excluding ortho intramolecular Hbond substituents is 1. The second-order valence-electron chi connectivity index (χ2n) is 3.72. The lowest BCUT2D eigenvalue weighted by molar-refractivity contribution is 0.0597. The van der Waals surface area contributed by atoms with E-state index in [1.807, 2.05) is 6.92 Å². The summed E-state index contributed by atoms with van der Waals surface area (Å²) in [4.78, 5) is 11.3. The van der Waals surface area contributed by atoms with E-state index in [4.69, 9.17) is 5.73 Å². The van der Waals surface area contributed by atoms with Crippen molar-refractivity contribution in [2.45, 2.75) is 25.8 Å². The minimum absolute atomic E-state index is 0. The molecule has 0 saturated heterocycles. The van der Waals surface area contributed by atoms with Crippen molar-refractivity contribution in [2.24, 2.45) is 5.73 Å². The molecule has 0 radical (unpaired) electrons. The van der Waals surface area contributed by atoms with E-state index in [1.54, 1.807) is 12.1 Å². The Hall–Kier alpha value is -1.26. The van der Waals surface area contributed by atoms with Gasteiger partial charge in [0.05, 0.1) is 7.11 Å². The average Bonchev–Trinajstić information content (AvgIpc) is 2.30. The number of phenols is 1. The average molecular weight is 260 g/mol. The van der Waals surface area contributed by atoms with Gasteiger partial charge in [0.1, 0.15) is 11.3 Å². The van der Waals surface area contributed by atoms with Gasteiger partial charge in [0, 0.05) is 6.04 Å². The Bertz CT molecular complexity index is 382. The van der Waals surface area contributed by atoms with E-state index in [-0.39, 0.29) is 29.8 Å². The van der Waals surface area contributed by atoms with Crippen LogP contribution in [0.5, 0.6) is 5.75 Å². The monoisotopic (exact) mass is 259 g/mol. The predicted octanol–water partition coefficient (Wildman–Crippen LogP) is 1.88. The Labute approximate surface area is 107 Å². The largest absolute Gasteiger partial charge is 0.507 e. The van der Waals surface area contributed by atoms with Gasteiger partial charge in [0.25, 0.3) is 0 Å². The number of carbonyl (C=O) groups is 1. The second-order valence-corrected chi connectivity index (χ2v) is 3.72. The molecule has 17 heavy (non-hydrogen) atoms. The fourth-order valence-electron chi connectivity index (χ4n) is 1.43. The van der Waals surface area contributed by atoms with Crippen LogP contribution in [0.2, 0.25) is 0 Å². The summed E-state index contributed by atoms with van der Waals surface area (Å²) in [5.41, 5.74) is 6.93. The van der Waals surface area contributed by atoms with Crippen molar-refractivity contribution in [1.29, 1.82) is 0 Å². The molecule has 0 aliphatic heterocycles. The van der Waals surface area contributed by atoms with Crippen LogP contribution in [-0.4, -0.2) is 24.2 Å². The van der Waals surface area contributed by atoms with Gasteiger partial charge < -0.3 is 15.6 Å². The predicted molar refractivity (Wildman–Crippen MR) is 68.7 cm³/mol. The second kappa shape index (κ2) is 7.14. The fourth-order valence-corrected chi connectivity index (χ4v) is 1.43. The molecular formula is C12H18ClNO3. The van der Waals surface area contributed by atoms with Crippen LogP contribution in [0.4, 0.5) is 0 Å². The molecule has 1 aromatic carbocycles. The van der Waals surface area contributed by atoms with Crippen molar-refractivity contribution in [1.82, 2.24) is 0 Å². The van der Waals surface area contributed by atoms with Gasteiger partial charge in [-0.25, -0.2) is 4.79 Å². The van der Waals surface area contributed by atoms with Gasteiger partial charge in [0.2, 0.25) is 0 Å². The number of halogens is 1. The Kier molecular flexibility index (Phi) is 6.61. The van der Waals surface area contributed by atoms with E-state index in [9.17, 15) is 9.90 Å². The van der Waals surface area contributed by atoms with E-state index >= 15 is 0 Å². The summed E-state index contributed by atoms with van der Waals surface area (Å²) in [6.45, 7) is 2.01. The first-order valence-electron chi connectivity index (χ1n) is 5.24. The molecule has 0 saturated carbocycles. The minimum Gasteiger partial charge on any atom is -0.507 e. The molecule has 0 spiro atoms. The summed E-state index contributed by atoms with van der Waals surface area (Å²) in [7, 11) is 1.28. The molecule has 1 rings (SSSR count). The van der Waals surface area contributed by atoms with Crippen LogP contribution in [-0.2, 0) is 11.2 Å². The zero-order chi connectivity index (χ0) is 12.1. The lowest BCUT2D eigenvalue weighted by Gasteiger charge is -2.10. The molecule has 0 aliphatic rings. The highest BCUT2D eigenvalue weighted by atomic mass is 35.5. The van der Waals surface area contributed by atoms with Gasteiger partial charge in [-0.1, -0.05) is 13.0 Å². The van der Waals surface area contributed by atoms with Crippen LogP contribution < -0.4 is 5.73 Å². The summed E-state index contributed by atoms with van der Waals surface area (Å²) >= 11 is 0. The molecule has 0 fully saturated rings. The summed E-state index contributed by atoms with van der Waals surface area (Å²) in [6.07, 6.45) is 1.55. The zero-order valence-corrected chi connectivity index (χ0v) is 10.8. The van der Waals surface area contributed by atoms with E-state index in [1.165, 1.54) is 13.2 Å². The number of hydrogen-bond acceptors (Lipinski definition) is 4. The standard InChI is InChI=1S/C12H17NO3.ClH/c1-3-9(13)6-8-4-5-11(14)10(7-8)12(15)16-2;/h4-5,7,9,14H,3,6,13H2,1-2H3;1H. The molecule has 1 aromatic rings. The molecule has 0 heterocycles. The number of ether oxygens (including phenoxy) is 1. The maximum Gasteiger partial charge on any atom is 0.341 e. The summed E-state index contributed by atoms with van der Waals surface area (Å²) in [5.74, 6) is -0.606. The third-order valence-electron chi connectivity index (χ3n) is 2.49. The third-order valence-corrected chi connectivity index (χ3v) is 2.49. The van der Waals surface area contributed by atoms with E-state index in [2.05, 4.69) is 4.74 Å². The smallest absolute Gasteiger partial charge is 0.341 e. The maximum atomic E-state index is 11.3. The maximum absolute atomic E-state index is 11.3. The Morgan fingerprint density at radius 3 is 2.71 bits per heavy atom. The van der Waals surface area contributed by atoms with E-state index in [0.717, 1.165) is 12.0 Å². The van der Waals surface area contributed by atoms with Crippen molar-refractivity contribution in [2.75, 3.05) is 7.11 Å². The van der Waals surface area contributed by atoms with Crippen molar-refractivity contribution < 1.29 is 14.6 Å². The number of aromatic hydroxyl groups is 1. The van der Waals surface area contributed by atoms with Gasteiger partial charge in [-0.2, -0.15) is 0 Å². The highest BCUT2D eigenvalue weighted by Gasteiger charge is 2.12. The number of carbonyl (C=O) groups excluding carboxylic acids is 1. The SMILES string of the molecule is CCC(N)Cc1ccc(O)c(C(=O)OC)c1.Cl. The van der Waals surface area contributed by atoms with Crippen molar-refractivity contribution in [3.63, 3.8) is 0 Å². The summed E-state index contributed by atoms with van der Waals surface area (Å²) < 4.78 is 4.57. The molecule has 4 nitrogen and oxygen atoms in total. The fraction of sp³-hybridized carbons (Fsp3) is 0.417. The Morgan fingerprint density at radius 1 is 1.53 bits per heavy atom. The quantitative estimate of drug-likeness (QED) is 0.810. The molecule has 96 valence electrons. The van der Waals surface area contributed by atoms with Crippen molar-refractivity contribution in [3.05, 3.63) is 29.3 Å². The van der Waals surface area contributed by atoms with Crippen LogP contribution in [0, 0.1) is 0 Å². The highest BCUT2D eigenvalue weighted by molar-refractivity contribution is 5.92. The van der Waals surface area contributed by atoms with Gasteiger partial charge >= 0.3 is 5.97 Å². The highest BCUT2D eigenvalue weighted by Crippen LogP contribution is 2.20. The van der Waals surface area contributed by atoms with Crippen LogP contribution in [0.1, 0.15) is 29.3 Å². The van der Waals surface area contributed by atoms with Crippen molar-refractivity contribution in [3.8, 4) is 5.75 Å². The molecule has 3 N–H and O–H groups in total. The van der Waals surface area contributed by atoms with Gasteiger partial charge in [0.15, 0.2) is 0 Å². The van der Waals surface area contributed by atoms with E-state index in [0.29, 0.717) is 6.42 Å². The molecule has 1 atom stereocenters. The number of benzene rings is 1. The lowest BCUT2D eigenvalue weighted by atomic mass is 10.0. The summed E-state index contributed by atoms with van der Waals surface area (Å²) in [5, 5.41) is 9.50. The topological polar surface area (TPSA) is 72.5 Å². The first-order chi connectivity index (χ1) is 7.58. The molecule has 1 unspecified atom stereocenters. The molecule has 0 aliphatic carbocycles. The van der Waals surface area contributed by atoms with Gasteiger partial charge in [-0.15, -0.1) is 12.4 Å². The summed E-state index contributed by atoms with van der Waals surface area (Å²) in [6, 6.07) is 4.94. The van der Waals surface area contributed by atoms with Crippen LogP contribution in [0.15, 0.2) is 18.2 Å². The molecule has 0 aromatic heterocycles. The first kappa shape index (κ1) is 15.7. The normalized spacial score (nSPS) is 11.5. The number of esters is 1. The molecule has 0 bridgehead atoms. The Balaban J connectivity index is 0.00000256. The number of methoxy groups -OCH3 is 1. The van der Waals surface area contributed by atoms with Crippen LogP contribution in [0.25, 0.3) is 0 Å². The van der Waals surface area contributed by atoms with Crippen LogP contribution >= 0.6 is 12.4 Å². The lowest BCUT2D eigenvalue weighted by Crippen LogP contribution is -2.21. The van der Waals surface area contributed by atoms with E-state index < -0.39 is 5.97 Å². The molecule has 0 amide bonds. The van der Waals surface area contributed by atoms with Crippen molar-refractivity contribution >= 4 is 18.4 Å². The number of rotatable bonds is 4. The van der Waals surface area contributed by atoms with Crippen LogP contribution in [0.3, 0.4) is 0 Å². The molecule has 5 heteroatoms. The minimum atomic E-state index is -0.538. The first-order valence-corrected chi connectivity index (χ1v) is 5.24. The van der Waals surface area contributed by atoms with Gasteiger partial charge in [-0.05, 0) is 30.5 Å². The van der Waals surface area contributed by atoms with Gasteiger partial charge in [-0.3, -0.25) is 0 Å². The zero-order valence-electron chi connectivity index (χ0n) is 9.97. The number of nitrogens with two attached hydrogens (primary N) is 1.